The van der Waals surface area contributed by atoms with E-state index in [9.17, 15) is 0 Å². The predicted octanol–water partition coefficient (Wildman–Crippen LogP) is 11.3. The molecule has 0 radical (unpaired) electrons. The molecule has 0 N–H and O–H groups in total. The summed E-state index contributed by atoms with van der Waals surface area (Å²) in [6.07, 6.45) is 0. The molecule has 0 aliphatic rings. The first-order chi connectivity index (χ1) is 27.3. The zero-order valence-electron chi connectivity index (χ0n) is 30.2. The molecule has 3 heteroatoms. The number of benzene rings is 9. The SMILES string of the molecule is c1ccc([Si](c2ccccc2)(c2ccccc2)c2ccc(-c3ccc(N(c4cccc5ccccc45)c4cccc5c4oc4ccccc45)cc3)cc2)cc1. The zero-order chi connectivity index (χ0) is 36.6. The van der Waals surface area contributed by atoms with Crippen molar-refractivity contribution in [1.82, 2.24) is 0 Å². The Hall–Kier alpha value is -6.94. The minimum atomic E-state index is -2.60. The van der Waals surface area contributed by atoms with E-state index in [0.29, 0.717) is 0 Å². The number of anilines is 3. The Bertz CT molecular complexity index is 2800. The van der Waals surface area contributed by atoms with Crippen molar-refractivity contribution in [3.05, 3.63) is 224 Å². The summed E-state index contributed by atoms with van der Waals surface area (Å²) in [6.45, 7) is 0. The monoisotopic (exact) mass is 719 g/mol. The molecule has 9 aromatic carbocycles. The number of rotatable bonds is 8. The second kappa shape index (κ2) is 13.8. The number of hydrogen-bond acceptors (Lipinski definition) is 2. The van der Waals surface area contributed by atoms with Crippen LogP contribution in [0.25, 0.3) is 43.8 Å². The molecule has 1 aromatic heterocycles. The van der Waals surface area contributed by atoms with Crippen LogP contribution >= 0.6 is 0 Å². The summed E-state index contributed by atoms with van der Waals surface area (Å²) < 4.78 is 6.61. The van der Waals surface area contributed by atoms with Crippen molar-refractivity contribution in [1.29, 1.82) is 0 Å². The molecule has 10 aromatic rings. The topological polar surface area (TPSA) is 16.4 Å². The van der Waals surface area contributed by atoms with Crippen molar-refractivity contribution >= 4 is 78.6 Å². The van der Waals surface area contributed by atoms with E-state index in [0.717, 1.165) is 39.0 Å². The summed E-state index contributed by atoms with van der Waals surface area (Å²) in [5.41, 5.74) is 7.29. The summed E-state index contributed by atoms with van der Waals surface area (Å²) >= 11 is 0. The van der Waals surface area contributed by atoms with E-state index in [1.807, 2.05) is 12.1 Å². The van der Waals surface area contributed by atoms with Gasteiger partial charge in [-0.05, 0) is 67.6 Å². The molecule has 0 saturated carbocycles. The second-order valence-corrected chi connectivity index (χ2v) is 17.9. The maximum absolute atomic E-state index is 6.61. The smallest absolute Gasteiger partial charge is 0.179 e. The molecule has 0 spiro atoms. The minimum absolute atomic E-state index is 0.874. The molecule has 0 aliphatic carbocycles. The van der Waals surface area contributed by atoms with Crippen molar-refractivity contribution < 1.29 is 4.42 Å². The predicted molar refractivity (Wildman–Crippen MR) is 235 cm³/mol. The summed E-state index contributed by atoms with van der Waals surface area (Å²) in [4.78, 5) is 2.35. The average molecular weight is 720 g/mol. The van der Waals surface area contributed by atoms with E-state index < -0.39 is 8.07 Å². The number of hydrogen-bond donors (Lipinski definition) is 0. The molecule has 10 rings (SSSR count). The maximum Gasteiger partial charge on any atom is 0.179 e. The van der Waals surface area contributed by atoms with Crippen LogP contribution in [-0.2, 0) is 0 Å². The Morgan fingerprint density at radius 2 is 0.782 bits per heavy atom. The first kappa shape index (κ1) is 32.7. The van der Waals surface area contributed by atoms with E-state index in [1.165, 1.54) is 42.6 Å². The van der Waals surface area contributed by atoms with Gasteiger partial charge in [0.15, 0.2) is 13.7 Å². The summed E-state index contributed by atoms with van der Waals surface area (Å²) in [5.74, 6) is 0. The molecule has 0 unspecified atom stereocenters. The highest BCUT2D eigenvalue weighted by atomic mass is 28.3. The van der Waals surface area contributed by atoms with Crippen LogP contribution in [-0.4, -0.2) is 8.07 Å². The Morgan fingerprint density at radius 3 is 1.42 bits per heavy atom. The summed E-state index contributed by atoms with van der Waals surface area (Å²) in [7, 11) is -2.60. The van der Waals surface area contributed by atoms with E-state index in [2.05, 4.69) is 217 Å². The fraction of sp³-hybridized carbons (Fsp3) is 0. The second-order valence-electron chi connectivity index (χ2n) is 14.1. The van der Waals surface area contributed by atoms with Gasteiger partial charge < -0.3 is 9.32 Å². The van der Waals surface area contributed by atoms with Crippen molar-refractivity contribution in [2.24, 2.45) is 0 Å². The lowest BCUT2D eigenvalue weighted by Crippen LogP contribution is -2.74. The Labute approximate surface area is 322 Å². The number of para-hydroxylation sites is 2. The minimum Gasteiger partial charge on any atom is -0.454 e. The lowest BCUT2D eigenvalue weighted by atomic mass is 10.0. The number of furan rings is 1. The Morgan fingerprint density at radius 1 is 0.327 bits per heavy atom. The van der Waals surface area contributed by atoms with Crippen LogP contribution in [0.5, 0.6) is 0 Å². The molecular weight excluding hydrogens is 683 g/mol. The highest BCUT2D eigenvalue weighted by Crippen LogP contribution is 2.44. The van der Waals surface area contributed by atoms with Crippen LogP contribution in [0.2, 0.25) is 0 Å². The van der Waals surface area contributed by atoms with Gasteiger partial charge in [-0.25, -0.2) is 0 Å². The molecule has 0 amide bonds. The molecule has 0 saturated heterocycles. The van der Waals surface area contributed by atoms with Crippen LogP contribution in [0.3, 0.4) is 0 Å². The van der Waals surface area contributed by atoms with Crippen LogP contribution in [0, 0.1) is 0 Å². The van der Waals surface area contributed by atoms with Crippen LogP contribution in [0.15, 0.2) is 229 Å². The van der Waals surface area contributed by atoms with E-state index in [1.54, 1.807) is 0 Å². The molecule has 1 heterocycles. The quantitative estimate of drug-likeness (QED) is 0.115. The zero-order valence-corrected chi connectivity index (χ0v) is 31.2. The van der Waals surface area contributed by atoms with Gasteiger partial charge in [0.05, 0.1) is 11.4 Å². The van der Waals surface area contributed by atoms with Crippen LogP contribution < -0.4 is 25.6 Å². The third-order valence-electron chi connectivity index (χ3n) is 11.0. The average Bonchev–Trinajstić information content (AvgIpc) is 3.65. The lowest BCUT2D eigenvalue weighted by Gasteiger charge is -2.34. The van der Waals surface area contributed by atoms with E-state index >= 15 is 0 Å². The van der Waals surface area contributed by atoms with Gasteiger partial charge in [-0.1, -0.05) is 194 Å². The largest absolute Gasteiger partial charge is 0.454 e. The third kappa shape index (κ3) is 5.56. The molecule has 2 nitrogen and oxygen atoms in total. The molecule has 55 heavy (non-hydrogen) atoms. The molecular formula is C52H37NOSi. The van der Waals surface area contributed by atoms with E-state index in [4.69, 9.17) is 4.42 Å². The Balaban J connectivity index is 1.09. The highest BCUT2D eigenvalue weighted by Gasteiger charge is 2.41. The molecule has 0 fully saturated rings. The van der Waals surface area contributed by atoms with Crippen LogP contribution in [0.1, 0.15) is 0 Å². The van der Waals surface area contributed by atoms with Crippen molar-refractivity contribution in [2.45, 2.75) is 0 Å². The van der Waals surface area contributed by atoms with Gasteiger partial charge in [-0.3, -0.25) is 0 Å². The first-order valence-electron chi connectivity index (χ1n) is 18.8. The van der Waals surface area contributed by atoms with Gasteiger partial charge in [0, 0.05) is 21.8 Å². The molecule has 260 valence electrons. The normalized spacial score (nSPS) is 11.6. The number of fused-ring (bicyclic) bond motifs is 4. The fourth-order valence-electron chi connectivity index (χ4n) is 8.50. The van der Waals surface area contributed by atoms with Gasteiger partial charge in [0.25, 0.3) is 0 Å². The van der Waals surface area contributed by atoms with Crippen molar-refractivity contribution in [2.75, 3.05) is 4.90 Å². The van der Waals surface area contributed by atoms with Gasteiger partial charge in [0.1, 0.15) is 5.58 Å². The number of nitrogens with zero attached hydrogens (tertiary/aromatic N) is 1. The first-order valence-corrected chi connectivity index (χ1v) is 20.8. The van der Waals surface area contributed by atoms with Gasteiger partial charge in [-0.2, -0.15) is 0 Å². The van der Waals surface area contributed by atoms with Crippen molar-refractivity contribution in [3.63, 3.8) is 0 Å². The van der Waals surface area contributed by atoms with E-state index in [-0.39, 0.29) is 0 Å². The van der Waals surface area contributed by atoms with Gasteiger partial charge in [-0.15, -0.1) is 0 Å². The lowest BCUT2D eigenvalue weighted by molar-refractivity contribution is 0.669. The third-order valence-corrected chi connectivity index (χ3v) is 15.8. The van der Waals surface area contributed by atoms with Crippen molar-refractivity contribution in [3.8, 4) is 11.1 Å². The summed E-state index contributed by atoms with van der Waals surface area (Å²) in [5, 5.41) is 10.1. The summed E-state index contributed by atoms with van der Waals surface area (Å²) in [6, 6.07) is 81.5. The molecule has 0 atom stereocenters. The van der Waals surface area contributed by atoms with Gasteiger partial charge >= 0.3 is 0 Å². The molecule has 0 bridgehead atoms. The Kier molecular flexibility index (Phi) is 8.20. The fourth-order valence-corrected chi connectivity index (χ4v) is 13.2. The van der Waals surface area contributed by atoms with Gasteiger partial charge in [0.2, 0.25) is 0 Å². The maximum atomic E-state index is 6.61. The molecule has 0 aliphatic heterocycles. The standard InChI is InChI=1S/C52H37NOSi/c1-4-18-42(19-5-1)55(43-20-6-2-7-21-43,44-22-8-3-9-23-44)45-36-32-39(33-37-45)38-30-34-41(35-31-38)53(49-27-14-17-40-16-10-11-24-46(40)49)50-28-15-26-48-47-25-12-13-29-51(47)54-52(48)50/h1-37H. The highest BCUT2D eigenvalue weighted by molar-refractivity contribution is 7.19. The van der Waals surface area contributed by atoms with Crippen LogP contribution in [0.4, 0.5) is 17.1 Å².